The van der Waals surface area contributed by atoms with Gasteiger partial charge in [0.15, 0.2) is 0 Å². The third-order valence-corrected chi connectivity index (χ3v) is 5.96. The average Bonchev–Trinajstić information content (AvgIpc) is 2.69. The van der Waals surface area contributed by atoms with Crippen LogP contribution in [0.15, 0.2) is 36.4 Å². The molecule has 0 fully saturated rings. The number of nitrogens with zero attached hydrogens (tertiary/aromatic N) is 2. The monoisotopic (exact) mass is 407 g/mol. The minimum Gasteiger partial charge on any atom is -0.338 e. The average molecular weight is 408 g/mol. The van der Waals surface area contributed by atoms with Crippen LogP contribution in [0.2, 0.25) is 0 Å². The van der Waals surface area contributed by atoms with E-state index in [-0.39, 0.29) is 30.9 Å². The second-order valence-corrected chi connectivity index (χ2v) is 8.61. The molecular formula is C25H33N3O2. The number of rotatable bonds is 6. The van der Waals surface area contributed by atoms with Crippen LogP contribution in [0.3, 0.4) is 0 Å². The van der Waals surface area contributed by atoms with Crippen LogP contribution in [0.25, 0.3) is 0 Å². The van der Waals surface area contributed by atoms with Crippen molar-refractivity contribution in [1.82, 2.24) is 9.80 Å². The smallest absolute Gasteiger partial charge is 0.238 e. The van der Waals surface area contributed by atoms with Gasteiger partial charge >= 0.3 is 0 Å². The van der Waals surface area contributed by atoms with Gasteiger partial charge in [-0.3, -0.25) is 14.5 Å². The van der Waals surface area contributed by atoms with Gasteiger partial charge in [0.05, 0.1) is 19.1 Å². The Morgan fingerprint density at radius 3 is 2.40 bits per heavy atom. The van der Waals surface area contributed by atoms with Gasteiger partial charge in [0.25, 0.3) is 0 Å². The van der Waals surface area contributed by atoms with E-state index in [2.05, 4.69) is 35.6 Å². The van der Waals surface area contributed by atoms with Gasteiger partial charge in [-0.15, -0.1) is 0 Å². The highest BCUT2D eigenvalue weighted by atomic mass is 16.2. The van der Waals surface area contributed by atoms with Crippen molar-refractivity contribution >= 4 is 17.5 Å². The fraction of sp³-hybridized carbons (Fsp3) is 0.440. The van der Waals surface area contributed by atoms with Crippen LogP contribution >= 0.6 is 0 Å². The van der Waals surface area contributed by atoms with Gasteiger partial charge in [-0.1, -0.05) is 42.0 Å². The number of fused-ring (bicyclic) bond motifs is 1. The Morgan fingerprint density at radius 1 is 1.03 bits per heavy atom. The van der Waals surface area contributed by atoms with Gasteiger partial charge in [0.1, 0.15) is 0 Å². The van der Waals surface area contributed by atoms with Crippen molar-refractivity contribution in [3.8, 4) is 0 Å². The molecule has 30 heavy (non-hydrogen) atoms. The summed E-state index contributed by atoms with van der Waals surface area (Å²) in [6.07, 6.45) is 3.15. The number of nitrogens with one attached hydrogen (secondary N) is 1. The lowest BCUT2D eigenvalue weighted by molar-refractivity contribution is -0.133. The Kier molecular flexibility index (Phi) is 6.93. The first-order valence-corrected chi connectivity index (χ1v) is 10.7. The molecule has 0 aromatic heterocycles. The Labute approximate surface area is 180 Å². The number of amides is 2. The second-order valence-electron chi connectivity index (χ2n) is 8.61. The topological polar surface area (TPSA) is 52.7 Å². The molecule has 0 unspecified atom stereocenters. The summed E-state index contributed by atoms with van der Waals surface area (Å²) in [6, 6.07) is 12.6. The second kappa shape index (κ2) is 9.43. The van der Waals surface area contributed by atoms with Crippen molar-refractivity contribution in [3.63, 3.8) is 0 Å². The molecule has 2 amide bonds. The molecule has 1 aliphatic carbocycles. The minimum atomic E-state index is -0.106. The first-order valence-electron chi connectivity index (χ1n) is 10.7. The van der Waals surface area contributed by atoms with E-state index in [1.54, 1.807) is 4.90 Å². The molecule has 0 heterocycles. The SMILES string of the molecule is Cc1cc(C)c(NC(=O)CN(C)CC(=O)N(C)[C@H]2CCCc3ccccc32)c(C)c1. The summed E-state index contributed by atoms with van der Waals surface area (Å²) in [5, 5.41) is 3.01. The molecule has 3 rings (SSSR count). The number of likely N-dealkylation sites (N-methyl/N-ethyl adjacent to an activating group) is 2. The van der Waals surface area contributed by atoms with E-state index in [0.29, 0.717) is 0 Å². The molecule has 0 spiro atoms. The van der Waals surface area contributed by atoms with Crippen molar-refractivity contribution in [1.29, 1.82) is 0 Å². The molecule has 5 nitrogen and oxygen atoms in total. The van der Waals surface area contributed by atoms with Crippen LogP contribution in [0, 0.1) is 20.8 Å². The quantitative estimate of drug-likeness (QED) is 0.787. The predicted octanol–water partition coefficient (Wildman–Crippen LogP) is 4.02. The van der Waals surface area contributed by atoms with Crippen LogP contribution in [0.4, 0.5) is 5.69 Å². The van der Waals surface area contributed by atoms with Crippen molar-refractivity contribution in [2.24, 2.45) is 0 Å². The Hall–Kier alpha value is -2.66. The van der Waals surface area contributed by atoms with Crippen LogP contribution in [-0.2, 0) is 16.0 Å². The molecule has 160 valence electrons. The summed E-state index contributed by atoms with van der Waals surface area (Å²) in [4.78, 5) is 29.1. The Bertz CT molecular complexity index is 915. The van der Waals surface area contributed by atoms with Gasteiger partial charge in [-0.05, 0) is 69.3 Å². The zero-order valence-electron chi connectivity index (χ0n) is 18.8. The first kappa shape index (κ1) is 22.0. The lowest BCUT2D eigenvalue weighted by Crippen LogP contribution is -2.42. The van der Waals surface area contributed by atoms with E-state index in [1.807, 2.05) is 45.8 Å². The van der Waals surface area contributed by atoms with Crippen LogP contribution < -0.4 is 5.32 Å². The van der Waals surface area contributed by atoms with E-state index in [4.69, 9.17) is 0 Å². The van der Waals surface area contributed by atoms with E-state index in [1.165, 1.54) is 16.7 Å². The summed E-state index contributed by atoms with van der Waals surface area (Å²) in [6.45, 7) is 6.44. The molecule has 5 heteroatoms. The van der Waals surface area contributed by atoms with Gasteiger partial charge in [0, 0.05) is 12.7 Å². The molecular weight excluding hydrogens is 374 g/mol. The highest BCUT2D eigenvalue weighted by molar-refractivity contribution is 5.94. The number of benzene rings is 2. The Balaban J connectivity index is 1.58. The maximum absolute atomic E-state index is 12.9. The lowest BCUT2D eigenvalue weighted by Gasteiger charge is -2.34. The van der Waals surface area contributed by atoms with Crippen LogP contribution in [0.1, 0.15) is 46.7 Å². The van der Waals surface area contributed by atoms with Gasteiger partial charge < -0.3 is 10.2 Å². The van der Waals surface area contributed by atoms with Gasteiger partial charge in [-0.25, -0.2) is 0 Å². The van der Waals surface area contributed by atoms with Crippen LogP contribution in [-0.4, -0.2) is 48.8 Å². The molecule has 1 aliphatic rings. The summed E-state index contributed by atoms with van der Waals surface area (Å²) < 4.78 is 0. The molecule has 0 saturated carbocycles. The molecule has 0 bridgehead atoms. The maximum Gasteiger partial charge on any atom is 0.238 e. The third-order valence-electron chi connectivity index (χ3n) is 5.96. The van der Waals surface area contributed by atoms with E-state index in [9.17, 15) is 9.59 Å². The molecule has 0 aliphatic heterocycles. The number of aryl methyl sites for hydroxylation is 4. The highest BCUT2D eigenvalue weighted by Gasteiger charge is 2.27. The maximum atomic E-state index is 12.9. The summed E-state index contributed by atoms with van der Waals surface area (Å²) >= 11 is 0. The van der Waals surface area contributed by atoms with E-state index >= 15 is 0 Å². The number of anilines is 1. The van der Waals surface area contributed by atoms with Crippen molar-refractivity contribution < 1.29 is 9.59 Å². The van der Waals surface area contributed by atoms with Crippen molar-refractivity contribution in [2.45, 2.75) is 46.1 Å². The molecule has 2 aromatic rings. The normalized spacial score (nSPS) is 15.6. The Morgan fingerprint density at radius 2 is 1.70 bits per heavy atom. The van der Waals surface area contributed by atoms with Crippen LogP contribution in [0.5, 0.6) is 0 Å². The molecule has 1 atom stereocenters. The van der Waals surface area contributed by atoms with Crippen molar-refractivity contribution in [2.75, 3.05) is 32.5 Å². The largest absolute Gasteiger partial charge is 0.338 e. The summed E-state index contributed by atoms with van der Waals surface area (Å²) in [5.41, 5.74) is 6.74. The summed E-state index contributed by atoms with van der Waals surface area (Å²) in [5.74, 6) is -0.0688. The fourth-order valence-electron chi connectivity index (χ4n) is 4.50. The van der Waals surface area contributed by atoms with Crippen molar-refractivity contribution in [3.05, 3.63) is 64.2 Å². The summed E-state index contributed by atoms with van der Waals surface area (Å²) in [7, 11) is 3.69. The lowest BCUT2D eigenvalue weighted by atomic mass is 9.87. The third kappa shape index (κ3) is 5.08. The number of hydrogen-bond acceptors (Lipinski definition) is 3. The highest BCUT2D eigenvalue weighted by Crippen LogP contribution is 2.33. The van der Waals surface area contributed by atoms with E-state index < -0.39 is 0 Å². The molecule has 1 N–H and O–H groups in total. The molecule has 2 aromatic carbocycles. The number of hydrogen-bond donors (Lipinski definition) is 1. The number of carbonyl (C=O) groups excluding carboxylic acids is 2. The zero-order chi connectivity index (χ0) is 21.8. The zero-order valence-corrected chi connectivity index (χ0v) is 18.8. The number of carbonyl (C=O) groups is 2. The van der Waals surface area contributed by atoms with Gasteiger partial charge in [0.2, 0.25) is 11.8 Å². The predicted molar refractivity (Wildman–Crippen MR) is 122 cm³/mol. The fourth-order valence-corrected chi connectivity index (χ4v) is 4.50. The standard InChI is InChI=1S/C25H33N3O2/c1-17-13-18(2)25(19(3)14-17)26-23(29)15-27(4)16-24(30)28(5)22-12-8-10-20-9-6-7-11-21(20)22/h6-7,9,11,13-14,22H,8,10,12,15-16H2,1-5H3,(H,26,29)/t22-/m0/s1. The van der Waals surface area contributed by atoms with Gasteiger partial charge in [-0.2, -0.15) is 0 Å². The minimum absolute atomic E-state index is 0.0368. The molecule has 0 saturated heterocycles. The first-order chi connectivity index (χ1) is 14.3. The molecule has 0 radical (unpaired) electrons. The van der Waals surface area contributed by atoms with E-state index in [0.717, 1.165) is 36.1 Å².